The van der Waals surface area contributed by atoms with Gasteiger partial charge >= 0.3 is 0 Å². The minimum absolute atomic E-state index is 0.0697. The third-order valence-electron chi connectivity index (χ3n) is 7.07. The smallest absolute Gasteiger partial charge is 0.111 e. The molecule has 0 bridgehead atoms. The summed E-state index contributed by atoms with van der Waals surface area (Å²) in [7, 11) is 0. The van der Waals surface area contributed by atoms with E-state index in [2.05, 4.69) is 70.4 Å². The molecule has 1 aromatic carbocycles. The van der Waals surface area contributed by atoms with Gasteiger partial charge in [-0.1, -0.05) is 31.6 Å². The first-order valence-electron chi connectivity index (χ1n) is 12.6. The standard InChI is InChI=1S/C26H33N3O2.C2H6/c1-3-31-21-9-7-20(8-10-21)18-25(30)28-15-12-26(13-16-28)24-5-4-14-29(24)23-11-6-19(2)17-22(23)27-26;1-2/h4-7,9,11,14,17,25,27,30H,3,8,10,12-13,15-16,18H2,1-2H3;1-2H3. The van der Waals surface area contributed by atoms with Gasteiger partial charge in [-0.05, 0) is 69.0 Å². The van der Waals surface area contributed by atoms with Gasteiger partial charge in [-0.25, -0.2) is 0 Å². The van der Waals surface area contributed by atoms with E-state index >= 15 is 0 Å². The van der Waals surface area contributed by atoms with Crippen molar-refractivity contribution in [2.24, 2.45) is 0 Å². The number of nitrogens with one attached hydrogen (secondary N) is 1. The van der Waals surface area contributed by atoms with Crippen molar-refractivity contribution in [2.45, 2.75) is 71.6 Å². The molecular weight excluding hydrogens is 410 g/mol. The lowest BCUT2D eigenvalue weighted by Crippen LogP contribution is -2.52. The van der Waals surface area contributed by atoms with E-state index in [1.165, 1.54) is 28.2 Å². The summed E-state index contributed by atoms with van der Waals surface area (Å²) in [4.78, 5) is 2.24. The van der Waals surface area contributed by atoms with E-state index in [1.54, 1.807) is 0 Å². The maximum Gasteiger partial charge on any atom is 0.111 e. The summed E-state index contributed by atoms with van der Waals surface area (Å²) in [6.45, 7) is 10.6. The van der Waals surface area contributed by atoms with E-state index < -0.39 is 6.23 Å². The molecule has 2 aliphatic heterocycles. The number of hydrogen-bond acceptors (Lipinski definition) is 4. The zero-order valence-electron chi connectivity index (χ0n) is 20.6. The van der Waals surface area contributed by atoms with Crippen LogP contribution in [-0.4, -0.2) is 40.5 Å². The number of aryl methyl sites for hydroxylation is 1. The zero-order valence-corrected chi connectivity index (χ0v) is 20.6. The summed E-state index contributed by atoms with van der Waals surface area (Å²) in [6, 6.07) is 11.0. The van der Waals surface area contributed by atoms with Gasteiger partial charge in [0.15, 0.2) is 0 Å². The number of aliphatic hydroxyl groups is 1. The first-order chi connectivity index (χ1) is 16.1. The number of anilines is 1. The Bertz CT molecular complexity index is 1010. The monoisotopic (exact) mass is 449 g/mol. The van der Waals surface area contributed by atoms with Gasteiger partial charge in [0.25, 0.3) is 0 Å². The molecule has 1 aliphatic carbocycles. The van der Waals surface area contributed by atoms with Crippen molar-refractivity contribution >= 4 is 5.69 Å². The van der Waals surface area contributed by atoms with Crippen LogP contribution in [0, 0.1) is 6.92 Å². The molecule has 1 saturated heterocycles. The summed E-state index contributed by atoms with van der Waals surface area (Å²) in [6.07, 6.45) is 10.6. The SMILES string of the molecule is CC.CCOC1=CC=C(CC(O)N2CCC3(CC2)Nc2cc(C)ccc2-n2cccc23)CC1. The quantitative estimate of drug-likeness (QED) is 0.599. The number of allylic oxidation sites excluding steroid dienone is 3. The van der Waals surface area contributed by atoms with Crippen LogP contribution in [0.2, 0.25) is 0 Å². The number of rotatable bonds is 5. The number of fused-ring (bicyclic) bond motifs is 4. The summed E-state index contributed by atoms with van der Waals surface area (Å²) >= 11 is 0. The third-order valence-corrected chi connectivity index (χ3v) is 7.07. The van der Waals surface area contributed by atoms with E-state index in [-0.39, 0.29) is 5.54 Å². The van der Waals surface area contributed by atoms with Crippen LogP contribution in [-0.2, 0) is 10.3 Å². The number of piperidine rings is 1. The fraction of sp³-hybridized carbons (Fsp3) is 0.500. The topological polar surface area (TPSA) is 49.7 Å². The van der Waals surface area contributed by atoms with E-state index in [0.717, 1.165) is 51.0 Å². The van der Waals surface area contributed by atoms with Gasteiger partial charge < -0.3 is 19.7 Å². The van der Waals surface area contributed by atoms with Crippen molar-refractivity contribution in [3.05, 3.63) is 71.3 Å². The molecule has 3 heterocycles. The number of likely N-dealkylation sites (tertiary alicyclic amines) is 1. The average Bonchev–Trinajstić information content (AvgIpc) is 3.33. The Morgan fingerprint density at radius 1 is 1.12 bits per heavy atom. The molecule has 1 spiro atoms. The lowest BCUT2D eigenvalue weighted by molar-refractivity contribution is -0.0194. The van der Waals surface area contributed by atoms with Crippen LogP contribution in [0.5, 0.6) is 0 Å². The summed E-state index contributed by atoms with van der Waals surface area (Å²) in [5.74, 6) is 1.06. The number of hydrogen-bond donors (Lipinski definition) is 2. The highest BCUT2D eigenvalue weighted by Crippen LogP contribution is 2.44. The molecule has 5 nitrogen and oxygen atoms in total. The highest BCUT2D eigenvalue weighted by Gasteiger charge is 2.42. The van der Waals surface area contributed by atoms with Gasteiger partial charge in [0, 0.05) is 37.8 Å². The first kappa shape index (κ1) is 23.7. The predicted octanol–water partition coefficient (Wildman–Crippen LogP) is 5.88. The van der Waals surface area contributed by atoms with Gasteiger partial charge in [0.2, 0.25) is 0 Å². The van der Waals surface area contributed by atoms with Crippen LogP contribution < -0.4 is 5.32 Å². The van der Waals surface area contributed by atoms with Crippen LogP contribution in [0.15, 0.2) is 60.0 Å². The van der Waals surface area contributed by atoms with Gasteiger partial charge in [-0.15, -0.1) is 0 Å². The molecule has 1 fully saturated rings. The molecule has 5 rings (SSSR count). The van der Waals surface area contributed by atoms with Crippen LogP contribution in [0.25, 0.3) is 5.69 Å². The minimum Gasteiger partial charge on any atom is -0.498 e. The third kappa shape index (κ3) is 4.75. The minimum atomic E-state index is -0.421. The normalized spacial score (nSPS) is 19.8. The second kappa shape index (κ2) is 10.2. The molecule has 0 radical (unpaired) electrons. The average molecular weight is 450 g/mol. The largest absolute Gasteiger partial charge is 0.498 e. The summed E-state index contributed by atoms with van der Waals surface area (Å²) in [5.41, 5.74) is 6.28. The number of aromatic nitrogens is 1. The Morgan fingerprint density at radius 2 is 1.91 bits per heavy atom. The highest BCUT2D eigenvalue weighted by atomic mass is 16.5. The van der Waals surface area contributed by atoms with Gasteiger partial charge in [0.05, 0.1) is 29.3 Å². The Kier molecular flexibility index (Phi) is 7.30. The molecule has 33 heavy (non-hydrogen) atoms. The van der Waals surface area contributed by atoms with E-state index in [1.807, 2.05) is 20.8 Å². The Hall–Kier alpha value is -2.50. The molecule has 0 amide bonds. The van der Waals surface area contributed by atoms with Gasteiger partial charge in [0.1, 0.15) is 6.23 Å². The lowest BCUT2D eigenvalue weighted by Gasteiger charge is -2.47. The molecule has 1 aromatic heterocycles. The maximum absolute atomic E-state index is 10.9. The fourth-order valence-electron chi connectivity index (χ4n) is 5.35. The molecule has 0 saturated carbocycles. The van der Waals surface area contributed by atoms with Crippen LogP contribution >= 0.6 is 0 Å². The van der Waals surface area contributed by atoms with Crippen molar-refractivity contribution in [2.75, 3.05) is 25.0 Å². The van der Waals surface area contributed by atoms with Crippen LogP contribution in [0.1, 0.15) is 64.1 Å². The Balaban J connectivity index is 0.00000126. The number of nitrogens with zero attached hydrogens (tertiary/aromatic N) is 2. The summed E-state index contributed by atoms with van der Waals surface area (Å²) in [5, 5.41) is 14.8. The van der Waals surface area contributed by atoms with E-state index in [4.69, 9.17) is 4.74 Å². The summed E-state index contributed by atoms with van der Waals surface area (Å²) < 4.78 is 7.94. The zero-order chi connectivity index (χ0) is 23.4. The molecule has 3 aliphatic rings. The lowest BCUT2D eigenvalue weighted by atomic mass is 9.82. The second-order valence-electron chi connectivity index (χ2n) is 9.10. The maximum atomic E-state index is 10.9. The Labute approximate surface area is 198 Å². The van der Waals surface area contributed by atoms with E-state index in [0.29, 0.717) is 6.61 Å². The van der Waals surface area contributed by atoms with Crippen molar-refractivity contribution in [1.82, 2.24) is 9.47 Å². The molecule has 178 valence electrons. The van der Waals surface area contributed by atoms with Gasteiger partial charge in [-0.3, -0.25) is 4.90 Å². The number of ether oxygens (including phenoxy) is 1. The van der Waals surface area contributed by atoms with Crippen LogP contribution in [0.3, 0.4) is 0 Å². The van der Waals surface area contributed by atoms with Crippen LogP contribution in [0.4, 0.5) is 5.69 Å². The molecule has 1 unspecified atom stereocenters. The fourth-order valence-corrected chi connectivity index (χ4v) is 5.35. The van der Waals surface area contributed by atoms with E-state index in [9.17, 15) is 5.11 Å². The molecular formula is C28H39N3O2. The number of aliphatic hydroxyl groups excluding tert-OH is 1. The second-order valence-corrected chi connectivity index (χ2v) is 9.10. The molecule has 5 heteroatoms. The van der Waals surface area contributed by atoms with Crippen molar-refractivity contribution in [3.8, 4) is 5.69 Å². The number of benzene rings is 1. The molecule has 2 aromatic rings. The predicted molar refractivity (Wildman–Crippen MR) is 136 cm³/mol. The van der Waals surface area contributed by atoms with Crippen molar-refractivity contribution in [1.29, 1.82) is 0 Å². The van der Waals surface area contributed by atoms with Crippen molar-refractivity contribution in [3.63, 3.8) is 0 Å². The Morgan fingerprint density at radius 3 is 2.61 bits per heavy atom. The highest BCUT2D eigenvalue weighted by molar-refractivity contribution is 5.68. The molecule has 2 N–H and O–H groups in total. The van der Waals surface area contributed by atoms with Crippen molar-refractivity contribution < 1.29 is 9.84 Å². The van der Waals surface area contributed by atoms with Gasteiger partial charge in [-0.2, -0.15) is 0 Å². The first-order valence-corrected chi connectivity index (χ1v) is 12.6. The molecule has 1 atom stereocenters.